The maximum atomic E-state index is 15.5. The van der Waals surface area contributed by atoms with Crippen LogP contribution in [0.25, 0.3) is 0 Å². The average molecular weight is 527 g/mol. The van der Waals surface area contributed by atoms with Crippen LogP contribution < -0.4 is 10.1 Å². The third kappa shape index (κ3) is 7.86. The topological polar surface area (TPSA) is 85.2 Å². The zero-order valence-corrected chi connectivity index (χ0v) is 21.3. The third-order valence-corrected chi connectivity index (χ3v) is 7.26. The van der Waals surface area contributed by atoms with Crippen LogP contribution in [-0.2, 0) is 31.1 Å². The second-order valence-corrected chi connectivity index (χ2v) is 10.1. The summed E-state index contributed by atoms with van der Waals surface area (Å²) in [5, 5.41) is 7.20. The molecule has 1 N–H and O–H groups in total. The predicted molar refractivity (Wildman–Crippen MR) is 128 cm³/mol. The maximum Gasteiger partial charge on any atom is 0.422 e. The number of nitrogens with zero attached hydrogens (tertiary/aromatic N) is 5. The summed E-state index contributed by atoms with van der Waals surface area (Å²) in [5.41, 5.74) is 0.463. The largest absolute Gasteiger partial charge is 0.468 e. The lowest BCUT2D eigenvalue weighted by molar-refractivity contribution is -0.154. The number of aromatic nitrogens is 4. The SMILES string of the molecule is Cc1nc(CC(=O)NC2CCC(F)(CCN3CCc4ccc(OCC(F)(F)F)nc4CC3)CC2)nn1C. The molecule has 0 bridgehead atoms. The molecule has 1 saturated carbocycles. The molecule has 1 aliphatic carbocycles. The number of carbonyl (C=O) groups excluding carboxylic acids is 1. The molecule has 8 nitrogen and oxygen atoms in total. The molecule has 2 aromatic heterocycles. The van der Waals surface area contributed by atoms with Gasteiger partial charge in [0.15, 0.2) is 12.4 Å². The van der Waals surface area contributed by atoms with Crippen molar-refractivity contribution in [2.45, 2.75) is 76.2 Å². The number of ether oxygens (including phenoxy) is 1. The highest BCUT2D eigenvalue weighted by Crippen LogP contribution is 2.35. The van der Waals surface area contributed by atoms with Gasteiger partial charge in [0.2, 0.25) is 11.8 Å². The van der Waals surface area contributed by atoms with Crippen molar-refractivity contribution in [3.05, 3.63) is 35.0 Å². The first-order valence-corrected chi connectivity index (χ1v) is 12.7. The van der Waals surface area contributed by atoms with Gasteiger partial charge in [-0.3, -0.25) is 9.48 Å². The molecule has 204 valence electrons. The van der Waals surface area contributed by atoms with Crippen molar-refractivity contribution in [2.24, 2.45) is 7.05 Å². The summed E-state index contributed by atoms with van der Waals surface area (Å²) in [7, 11) is 1.78. The number of hydrogen-bond donors (Lipinski definition) is 1. The number of aryl methyl sites for hydroxylation is 2. The number of halogens is 4. The molecular weight excluding hydrogens is 492 g/mol. The van der Waals surface area contributed by atoms with Crippen molar-refractivity contribution in [1.82, 2.24) is 30.0 Å². The fourth-order valence-corrected chi connectivity index (χ4v) is 4.98. The molecule has 0 aromatic carbocycles. The van der Waals surface area contributed by atoms with Crippen molar-refractivity contribution in [1.29, 1.82) is 0 Å². The van der Waals surface area contributed by atoms with E-state index in [1.165, 1.54) is 6.07 Å². The Bertz CT molecular complexity index is 1060. The van der Waals surface area contributed by atoms with Crippen LogP contribution in [0.2, 0.25) is 0 Å². The van der Waals surface area contributed by atoms with Crippen molar-refractivity contribution in [3.8, 4) is 5.88 Å². The highest BCUT2D eigenvalue weighted by molar-refractivity contribution is 5.78. The van der Waals surface area contributed by atoms with Gasteiger partial charge in [-0.2, -0.15) is 18.3 Å². The number of alkyl halides is 4. The lowest BCUT2D eigenvalue weighted by Crippen LogP contribution is -2.43. The minimum Gasteiger partial charge on any atom is -0.468 e. The Morgan fingerprint density at radius 2 is 1.92 bits per heavy atom. The van der Waals surface area contributed by atoms with Gasteiger partial charge in [-0.1, -0.05) is 6.07 Å². The summed E-state index contributed by atoms with van der Waals surface area (Å²) in [6.45, 7) is 2.47. The molecule has 2 aromatic rings. The van der Waals surface area contributed by atoms with E-state index in [1.807, 2.05) is 6.92 Å². The molecule has 0 radical (unpaired) electrons. The number of fused-ring (bicyclic) bond motifs is 1. The van der Waals surface area contributed by atoms with Crippen LogP contribution in [0.4, 0.5) is 17.6 Å². The number of hydrogen-bond acceptors (Lipinski definition) is 6. The monoisotopic (exact) mass is 526 g/mol. The number of pyridine rings is 1. The molecule has 4 rings (SSSR count). The van der Waals surface area contributed by atoms with Crippen LogP contribution >= 0.6 is 0 Å². The number of amides is 1. The number of rotatable bonds is 8. The molecular formula is C25H34F4N6O2. The van der Waals surface area contributed by atoms with Crippen LogP contribution in [-0.4, -0.2) is 74.7 Å². The zero-order valence-electron chi connectivity index (χ0n) is 21.3. The van der Waals surface area contributed by atoms with Gasteiger partial charge < -0.3 is 15.0 Å². The molecule has 3 heterocycles. The average Bonchev–Trinajstić information content (AvgIpc) is 3.02. The highest BCUT2D eigenvalue weighted by atomic mass is 19.4. The van der Waals surface area contributed by atoms with Crippen LogP contribution in [0.1, 0.15) is 55.0 Å². The Morgan fingerprint density at radius 1 is 1.19 bits per heavy atom. The van der Waals surface area contributed by atoms with Crippen molar-refractivity contribution in [2.75, 3.05) is 26.2 Å². The van der Waals surface area contributed by atoms with E-state index >= 15 is 4.39 Å². The second kappa shape index (κ2) is 11.3. The van der Waals surface area contributed by atoms with E-state index < -0.39 is 18.5 Å². The minimum absolute atomic E-state index is 0.0255. The molecule has 1 amide bonds. The van der Waals surface area contributed by atoms with E-state index in [1.54, 1.807) is 17.8 Å². The molecule has 0 saturated heterocycles. The lowest BCUT2D eigenvalue weighted by Gasteiger charge is -2.35. The quantitative estimate of drug-likeness (QED) is 0.532. The van der Waals surface area contributed by atoms with Gasteiger partial charge in [-0.05, 0) is 51.0 Å². The normalized spacial score (nSPS) is 22.8. The summed E-state index contributed by atoms with van der Waals surface area (Å²) in [6.07, 6.45) is -0.621. The van der Waals surface area contributed by atoms with Crippen molar-refractivity contribution in [3.63, 3.8) is 0 Å². The van der Waals surface area contributed by atoms with Crippen molar-refractivity contribution >= 4 is 5.91 Å². The molecule has 12 heteroatoms. The number of nitrogens with one attached hydrogen (secondary N) is 1. The minimum atomic E-state index is -4.41. The van der Waals surface area contributed by atoms with Crippen LogP contribution in [0.5, 0.6) is 5.88 Å². The molecule has 0 unspecified atom stereocenters. The fraction of sp³-hybridized carbons (Fsp3) is 0.680. The van der Waals surface area contributed by atoms with E-state index in [0.29, 0.717) is 63.9 Å². The van der Waals surface area contributed by atoms with Gasteiger partial charge in [-0.15, -0.1) is 0 Å². The van der Waals surface area contributed by atoms with Gasteiger partial charge in [-0.25, -0.2) is 14.4 Å². The van der Waals surface area contributed by atoms with Gasteiger partial charge >= 0.3 is 6.18 Å². The fourth-order valence-electron chi connectivity index (χ4n) is 4.98. The molecule has 2 aliphatic rings. The third-order valence-electron chi connectivity index (χ3n) is 7.26. The Hall–Kier alpha value is -2.76. The Kier molecular flexibility index (Phi) is 8.35. The molecule has 1 aliphatic heterocycles. The first-order chi connectivity index (χ1) is 17.5. The Balaban J connectivity index is 1.19. The van der Waals surface area contributed by atoms with Gasteiger partial charge in [0, 0.05) is 50.9 Å². The molecule has 1 fully saturated rings. The first kappa shape index (κ1) is 27.3. The van der Waals surface area contributed by atoms with Gasteiger partial charge in [0.1, 0.15) is 11.5 Å². The smallest absolute Gasteiger partial charge is 0.422 e. The van der Waals surface area contributed by atoms with Crippen LogP contribution in [0, 0.1) is 6.92 Å². The molecule has 0 atom stereocenters. The van der Waals surface area contributed by atoms with Crippen molar-refractivity contribution < 1.29 is 27.1 Å². The number of carbonyl (C=O) groups is 1. The van der Waals surface area contributed by atoms with E-state index in [-0.39, 0.29) is 24.2 Å². The van der Waals surface area contributed by atoms with Crippen LogP contribution in [0.15, 0.2) is 12.1 Å². The van der Waals surface area contributed by atoms with Gasteiger partial charge in [0.25, 0.3) is 0 Å². The van der Waals surface area contributed by atoms with E-state index in [2.05, 4.69) is 25.3 Å². The summed E-state index contributed by atoms with van der Waals surface area (Å²) >= 11 is 0. The highest BCUT2D eigenvalue weighted by Gasteiger charge is 2.36. The lowest BCUT2D eigenvalue weighted by atomic mass is 9.81. The summed E-state index contributed by atoms with van der Waals surface area (Å²) in [5.74, 6) is 1.05. The predicted octanol–water partition coefficient (Wildman–Crippen LogP) is 3.26. The Labute approximate surface area is 213 Å². The van der Waals surface area contributed by atoms with Gasteiger partial charge in [0.05, 0.1) is 6.42 Å². The molecule has 0 spiro atoms. The Morgan fingerprint density at radius 3 is 2.59 bits per heavy atom. The van der Waals surface area contributed by atoms with E-state index in [9.17, 15) is 18.0 Å². The zero-order chi connectivity index (χ0) is 26.6. The second-order valence-electron chi connectivity index (χ2n) is 10.1. The first-order valence-electron chi connectivity index (χ1n) is 12.7. The summed E-state index contributed by atoms with van der Waals surface area (Å²) in [6, 6.07) is 3.20. The standard InChI is InChI=1S/C25H34F4N6O2/c1-17-30-21(33-34(17)2)15-22(36)31-19-5-9-24(26,10-6-19)11-14-35-12-7-18-3-4-23(32-20(18)8-13-35)37-16-25(27,28)29/h3-4,19H,5-16H2,1-2H3,(H,31,36). The van der Waals surface area contributed by atoms with E-state index in [4.69, 9.17) is 4.74 Å². The van der Waals surface area contributed by atoms with E-state index in [0.717, 1.165) is 23.6 Å². The summed E-state index contributed by atoms with van der Waals surface area (Å²) in [4.78, 5) is 23.1. The maximum absolute atomic E-state index is 15.5. The van der Waals surface area contributed by atoms with Crippen LogP contribution in [0.3, 0.4) is 0 Å². The molecule has 37 heavy (non-hydrogen) atoms. The summed E-state index contributed by atoms with van der Waals surface area (Å²) < 4.78 is 59.2.